The summed E-state index contributed by atoms with van der Waals surface area (Å²) in [5.41, 5.74) is -0.141. The lowest BCUT2D eigenvalue weighted by atomic mass is 9.85. The van der Waals surface area contributed by atoms with Crippen molar-refractivity contribution in [1.29, 1.82) is 0 Å². The maximum absolute atomic E-state index is 11.7. The molecule has 0 aromatic rings. The molecule has 0 heterocycles. The highest BCUT2D eigenvalue weighted by Gasteiger charge is 2.22. The maximum atomic E-state index is 11.7. The molecule has 0 spiro atoms. The van der Waals surface area contributed by atoms with Crippen LogP contribution in [-0.2, 0) is 4.79 Å². The first-order chi connectivity index (χ1) is 8.22. The van der Waals surface area contributed by atoms with E-state index in [0.717, 1.165) is 19.3 Å². The summed E-state index contributed by atoms with van der Waals surface area (Å²) in [4.78, 5) is 11.7. The molecule has 0 aliphatic carbocycles. The van der Waals surface area contributed by atoms with Crippen molar-refractivity contribution in [2.75, 3.05) is 13.2 Å². The van der Waals surface area contributed by atoms with E-state index in [0.29, 0.717) is 30.5 Å². The molecule has 0 aliphatic rings. The third-order valence-corrected chi connectivity index (χ3v) is 3.38. The van der Waals surface area contributed by atoms with E-state index in [2.05, 4.69) is 20.8 Å². The predicted octanol–water partition coefficient (Wildman–Crippen LogP) is 2.93. The molecule has 0 bridgehead atoms. The maximum Gasteiger partial charge on any atom is 0.132 e. The summed E-state index contributed by atoms with van der Waals surface area (Å²) < 4.78 is 0. The highest BCUT2D eigenvalue weighted by molar-refractivity contribution is 5.78. The van der Waals surface area contributed by atoms with Crippen LogP contribution in [0.4, 0.5) is 0 Å². The third kappa shape index (κ3) is 8.65. The number of hydrogen-bond donors (Lipinski definition) is 2. The minimum Gasteiger partial charge on any atom is -0.396 e. The van der Waals surface area contributed by atoms with Gasteiger partial charge in [-0.2, -0.15) is 0 Å². The van der Waals surface area contributed by atoms with Gasteiger partial charge in [0.05, 0.1) is 13.2 Å². The van der Waals surface area contributed by atoms with Crippen molar-refractivity contribution in [3.63, 3.8) is 0 Å². The zero-order valence-corrected chi connectivity index (χ0v) is 12.5. The van der Waals surface area contributed by atoms with Crippen LogP contribution >= 0.6 is 0 Å². The first kappa shape index (κ1) is 17.6. The lowest BCUT2D eigenvalue weighted by molar-refractivity contribution is -0.119. The summed E-state index contributed by atoms with van der Waals surface area (Å²) in [6, 6.07) is 0. The van der Waals surface area contributed by atoms with E-state index in [1.54, 1.807) is 0 Å². The van der Waals surface area contributed by atoms with Crippen LogP contribution in [0, 0.1) is 10.8 Å². The minimum atomic E-state index is -0.439. The van der Waals surface area contributed by atoms with E-state index < -0.39 is 5.41 Å². The number of aliphatic hydroxyl groups is 2. The monoisotopic (exact) mass is 258 g/mol. The molecule has 0 radical (unpaired) electrons. The average Bonchev–Trinajstić information content (AvgIpc) is 2.27. The van der Waals surface area contributed by atoms with Crippen LogP contribution in [-0.4, -0.2) is 29.2 Å². The molecule has 0 aromatic carbocycles. The van der Waals surface area contributed by atoms with E-state index in [9.17, 15) is 4.79 Å². The highest BCUT2D eigenvalue weighted by Crippen LogP contribution is 2.24. The molecule has 3 heteroatoms. The number of ketones is 1. The first-order valence-corrected chi connectivity index (χ1v) is 6.96. The van der Waals surface area contributed by atoms with Crippen LogP contribution in [0.15, 0.2) is 0 Å². The van der Waals surface area contributed by atoms with Gasteiger partial charge >= 0.3 is 0 Å². The smallest absolute Gasteiger partial charge is 0.132 e. The van der Waals surface area contributed by atoms with Crippen molar-refractivity contribution in [2.24, 2.45) is 10.8 Å². The van der Waals surface area contributed by atoms with Gasteiger partial charge in [0, 0.05) is 18.3 Å². The second-order valence-corrected chi connectivity index (χ2v) is 6.93. The number of Topliss-reactive ketones (excluding diaryl/α,β-unsaturated/α-hetero) is 1. The Morgan fingerprint density at radius 3 is 1.72 bits per heavy atom. The van der Waals surface area contributed by atoms with Gasteiger partial charge in [-0.3, -0.25) is 4.79 Å². The van der Waals surface area contributed by atoms with Gasteiger partial charge in [0.1, 0.15) is 5.78 Å². The van der Waals surface area contributed by atoms with Crippen molar-refractivity contribution in [3.05, 3.63) is 0 Å². The summed E-state index contributed by atoms with van der Waals surface area (Å²) in [6.07, 6.45) is 4.71. The van der Waals surface area contributed by atoms with Gasteiger partial charge in [-0.05, 0) is 31.1 Å². The minimum absolute atomic E-state index is 0.0261. The van der Waals surface area contributed by atoms with Crippen molar-refractivity contribution in [2.45, 2.75) is 66.2 Å². The molecule has 0 saturated heterocycles. The molecular formula is C15H30O3. The molecule has 0 aliphatic heterocycles. The Balaban J connectivity index is 3.72. The van der Waals surface area contributed by atoms with Crippen LogP contribution in [0.25, 0.3) is 0 Å². The van der Waals surface area contributed by atoms with E-state index >= 15 is 0 Å². The molecule has 0 amide bonds. The van der Waals surface area contributed by atoms with Crippen LogP contribution < -0.4 is 0 Å². The molecule has 0 saturated carbocycles. The molecule has 0 rings (SSSR count). The van der Waals surface area contributed by atoms with Gasteiger partial charge in [-0.15, -0.1) is 0 Å². The van der Waals surface area contributed by atoms with E-state index in [-0.39, 0.29) is 13.2 Å². The lowest BCUT2D eigenvalue weighted by Gasteiger charge is -2.24. The van der Waals surface area contributed by atoms with Crippen LogP contribution in [0.5, 0.6) is 0 Å². The number of aliphatic hydroxyl groups excluding tert-OH is 2. The fourth-order valence-electron chi connectivity index (χ4n) is 1.86. The summed E-state index contributed by atoms with van der Waals surface area (Å²) >= 11 is 0. The number of rotatable bonds is 9. The summed E-state index contributed by atoms with van der Waals surface area (Å²) in [6.45, 7) is 8.35. The van der Waals surface area contributed by atoms with Gasteiger partial charge in [-0.25, -0.2) is 0 Å². The van der Waals surface area contributed by atoms with E-state index in [1.165, 1.54) is 0 Å². The molecule has 18 heavy (non-hydrogen) atoms. The summed E-state index contributed by atoms with van der Waals surface area (Å²) in [5.74, 6) is 0.303. The van der Waals surface area contributed by atoms with Crippen molar-refractivity contribution in [3.8, 4) is 0 Å². The molecule has 108 valence electrons. The standard InChI is InChI=1S/C15H30O3/c1-14(2,3)9-5-7-13(18)8-6-10-15(4,11-16)12-17/h16-17H,5-12H2,1-4H3. The molecule has 0 fully saturated rings. The quantitative estimate of drug-likeness (QED) is 0.668. The van der Waals surface area contributed by atoms with E-state index in [1.807, 2.05) is 6.92 Å². The molecule has 3 nitrogen and oxygen atoms in total. The molecule has 0 aromatic heterocycles. The van der Waals surface area contributed by atoms with Crippen molar-refractivity contribution < 1.29 is 15.0 Å². The Morgan fingerprint density at radius 1 is 0.889 bits per heavy atom. The van der Waals surface area contributed by atoms with Crippen LogP contribution in [0.3, 0.4) is 0 Å². The second-order valence-electron chi connectivity index (χ2n) is 6.93. The zero-order chi connectivity index (χ0) is 14.2. The fourth-order valence-corrected chi connectivity index (χ4v) is 1.86. The van der Waals surface area contributed by atoms with Gasteiger partial charge in [-0.1, -0.05) is 27.7 Å². The summed E-state index contributed by atoms with van der Waals surface area (Å²) in [7, 11) is 0. The Hall–Kier alpha value is -0.410. The highest BCUT2D eigenvalue weighted by atomic mass is 16.3. The Kier molecular flexibility index (Phi) is 7.72. The Labute approximate surface area is 112 Å². The van der Waals surface area contributed by atoms with Gasteiger partial charge in [0.25, 0.3) is 0 Å². The topological polar surface area (TPSA) is 57.5 Å². The molecule has 2 N–H and O–H groups in total. The largest absolute Gasteiger partial charge is 0.396 e. The first-order valence-electron chi connectivity index (χ1n) is 6.96. The van der Waals surface area contributed by atoms with Crippen molar-refractivity contribution in [1.82, 2.24) is 0 Å². The number of carbonyl (C=O) groups is 1. The van der Waals surface area contributed by atoms with Crippen LogP contribution in [0.1, 0.15) is 66.2 Å². The Bertz CT molecular complexity index is 237. The molecular weight excluding hydrogens is 228 g/mol. The number of carbonyl (C=O) groups excluding carboxylic acids is 1. The SMILES string of the molecule is CC(C)(C)CCCC(=O)CCCC(C)(CO)CO. The third-order valence-electron chi connectivity index (χ3n) is 3.38. The van der Waals surface area contributed by atoms with E-state index in [4.69, 9.17) is 10.2 Å². The van der Waals surface area contributed by atoms with Gasteiger partial charge in [0.2, 0.25) is 0 Å². The number of hydrogen-bond acceptors (Lipinski definition) is 3. The molecule has 0 atom stereocenters. The summed E-state index contributed by atoms with van der Waals surface area (Å²) in [5, 5.41) is 18.3. The predicted molar refractivity (Wildman–Crippen MR) is 74.4 cm³/mol. The van der Waals surface area contributed by atoms with Crippen molar-refractivity contribution >= 4 is 5.78 Å². The van der Waals surface area contributed by atoms with Crippen LogP contribution in [0.2, 0.25) is 0 Å². The fraction of sp³-hybridized carbons (Fsp3) is 0.933. The molecule has 0 unspecified atom stereocenters. The normalized spacial score (nSPS) is 12.8. The van der Waals surface area contributed by atoms with Gasteiger partial charge < -0.3 is 10.2 Å². The average molecular weight is 258 g/mol. The Morgan fingerprint density at radius 2 is 1.33 bits per heavy atom. The zero-order valence-electron chi connectivity index (χ0n) is 12.5. The second kappa shape index (κ2) is 7.90. The van der Waals surface area contributed by atoms with Gasteiger partial charge in [0.15, 0.2) is 0 Å². The lowest BCUT2D eigenvalue weighted by Crippen LogP contribution is -2.26.